The lowest BCUT2D eigenvalue weighted by atomic mass is 10.0. The molecule has 1 aliphatic carbocycles. The van der Waals surface area contributed by atoms with Gasteiger partial charge in [0.15, 0.2) is 0 Å². The van der Waals surface area contributed by atoms with Crippen molar-refractivity contribution in [2.24, 2.45) is 0 Å². The van der Waals surface area contributed by atoms with E-state index in [0.29, 0.717) is 18.1 Å². The van der Waals surface area contributed by atoms with Crippen LogP contribution in [0.15, 0.2) is 48.5 Å². The van der Waals surface area contributed by atoms with Crippen LogP contribution in [0.2, 0.25) is 0 Å². The molecule has 0 heterocycles. The van der Waals surface area contributed by atoms with Gasteiger partial charge in [-0.25, -0.2) is 4.39 Å². The molecule has 1 unspecified atom stereocenters. The van der Waals surface area contributed by atoms with Gasteiger partial charge in [-0.05, 0) is 67.5 Å². The zero-order valence-electron chi connectivity index (χ0n) is 17.2. The largest absolute Gasteiger partial charge is 0.490 e. The summed E-state index contributed by atoms with van der Waals surface area (Å²) in [5.41, 5.74) is 1.68. The van der Waals surface area contributed by atoms with Crippen molar-refractivity contribution in [3.63, 3.8) is 0 Å². The molecule has 3 rings (SSSR count). The third kappa shape index (κ3) is 6.58. The second kappa shape index (κ2) is 10.8. The molecule has 1 atom stereocenters. The summed E-state index contributed by atoms with van der Waals surface area (Å²) in [6.45, 7) is 0. The molecule has 1 fully saturated rings. The Morgan fingerprint density at radius 2 is 1.87 bits per heavy atom. The number of carbonyl (C=O) groups excluding carboxylic acids is 2. The third-order valence-corrected chi connectivity index (χ3v) is 5.35. The molecule has 160 valence electrons. The first kappa shape index (κ1) is 21.8. The van der Waals surface area contributed by atoms with Crippen molar-refractivity contribution in [1.82, 2.24) is 5.32 Å². The molecule has 30 heavy (non-hydrogen) atoms. The van der Waals surface area contributed by atoms with Crippen LogP contribution in [-0.2, 0) is 20.7 Å². The normalized spacial score (nSPS) is 14.9. The van der Waals surface area contributed by atoms with Crippen molar-refractivity contribution in [3.05, 3.63) is 65.5 Å². The quantitative estimate of drug-likeness (QED) is 0.615. The van der Waals surface area contributed by atoms with Crippen LogP contribution in [-0.4, -0.2) is 25.1 Å². The van der Waals surface area contributed by atoms with Crippen LogP contribution >= 0.6 is 0 Å². The highest BCUT2D eigenvalue weighted by molar-refractivity contribution is 5.78. The SMILES string of the molecule is COC(=O)CC(NC(=O)CCc1cccc(OC2CCCC2)c1)c1ccc(F)cc1. The van der Waals surface area contributed by atoms with Gasteiger partial charge in [0.2, 0.25) is 5.91 Å². The Morgan fingerprint density at radius 3 is 2.57 bits per heavy atom. The fourth-order valence-electron chi connectivity index (χ4n) is 3.69. The highest BCUT2D eigenvalue weighted by Crippen LogP contribution is 2.25. The first-order valence-electron chi connectivity index (χ1n) is 10.4. The monoisotopic (exact) mass is 413 g/mol. The molecule has 0 aliphatic heterocycles. The number of methoxy groups -OCH3 is 1. The van der Waals surface area contributed by atoms with E-state index in [0.717, 1.165) is 24.2 Å². The Hall–Kier alpha value is -2.89. The van der Waals surface area contributed by atoms with E-state index in [1.54, 1.807) is 12.1 Å². The van der Waals surface area contributed by atoms with Crippen LogP contribution in [0.3, 0.4) is 0 Å². The molecule has 2 aromatic carbocycles. The van der Waals surface area contributed by atoms with Crippen LogP contribution < -0.4 is 10.1 Å². The molecule has 0 aromatic heterocycles. The van der Waals surface area contributed by atoms with Crippen LogP contribution in [0.25, 0.3) is 0 Å². The lowest BCUT2D eigenvalue weighted by Gasteiger charge is -2.18. The number of rotatable bonds is 9. The molecular weight excluding hydrogens is 385 g/mol. The Kier molecular flexibility index (Phi) is 7.82. The van der Waals surface area contributed by atoms with Crippen molar-refractivity contribution in [2.45, 2.75) is 57.1 Å². The first-order valence-corrected chi connectivity index (χ1v) is 10.4. The Morgan fingerprint density at radius 1 is 1.13 bits per heavy atom. The van der Waals surface area contributed by atoms with Crippen molar-refractivity contribution < 1.29 is 23.5 Å². The van der Waals surface area contributed by atoms with Crippen LogP contribution in [0, 0.1) is 5.82 Å². The highest BCUT2D eigenvalue weighted by Gasteiger charge is 2.19. The van der Waals surface area contributed by atoms with E-state index in [4.69, 9.17) is 9.47 Å². The second-order valence-electron chi connectivity index (χ2n) is 7.62. The number of carbonyl (C=O) groups is 2. The van der Waals surface area contributed by atoms with Crippen LogP contribution in [0.1, 0.15) is 55.7 Å². The summed E-state index contributed by atoms with van der Waals surface area (Å²) in [4.78, 5) is 24.3. The zero-order chi connectivity index (χ0) is 21.3. The predicted molar refractivity (Wildman–Crippen MR) is 112 cm³/mol. The van der Waals surface area contributed by atoms with Gasteiger partial charge in [0.05, 0.1) is 25.7 Å². The van der Waals surface area contributed by atoms with Crippen LogP contribution in [0.4, 0.5) is 4.39 Å². The molecule has 1 amide bonds. The lowest BCUT2D eigenvalue weighted by Crippen LogP contribution is -2.30. The maximum absolute atomic E-state index is 13.2. The molecule has 5 nitrogen and oxygen atoms in total. The van der Waals surface area contributed by atoms with Gasteiger partial charge in [0, 0.05) is 6.42 Å². The lowest BCUT2D eigenvalue weighted by molar-refractivity contribution is -0.141. The number of halogens is 1. The van der Waals surface area contributed by atoms with Crippen molar-refractivity contribution >= 4 is 11.9 Å². The number of ether oxygens (including phenoxy) is 2. The number of hydrogen-bond acceptors (Lipinski definition) is 4. The van der Waals surface area contributed by atoms with Crippen LogP contribution in [0.5, 0.6) is 5.75 Å². The van der Waals surface area contributed by atoms with E-state index in [2.05, 4.69) is 5.32 Å². The van der Waals surface area contributed by atoms with E-state index < -0.39 is 12.0 Å². The molecule has 1 aliphatic rings. The molecule has 1 saturated carbocycles. The Balaban J connectivity index is 1.57. The van der Waals surface area contributed by atoms with Gasteiger partial charge < -0.3 is 14.8 Å². The standard InChI is InChI=1S/C24H28FNO4/c1-29-24(28)16-22(18-10-12-19(25)13-11-18)26-23(27)14-9-17-5-4-8-21(15-17)30-20-6-2-3-7-20/h4-5,8,10-13,15,20,22H,2-3,6-7,9,14,16H2,1H3,(H,26,27). The molecule has 0 radical (unpaired) electrons. The molecule has 6 heteroatoms. The molecule has 0 spiro atoms. The highest BCUT2D eigenvalue weighted by atomic mass is 19.1. The Labute approximate surface area is 176 Å². The van der Waals surface area contributed by atoms with Gasteiger partial charge in [-0.15, -0.1) is 0 Å². The molecule has 0 saturated heterocycles. The topological polar surface area (TPSA) is 64.6 Å². The second-order valence-corrected chi connectivity index (χ2v) is 7.62. The van der Waals surface area contributed by atoms with E-state index in [1.165, 1.54) is 32.1 Å². The van der Waals surface area contributed by atoms with Crippen molar-refractivity contribution in [1.29, 1.82) is 0 Å². The molecular formula is C24H28FNO4. The number of amides is 1. The number of aryl methyl sites for hydroxylation is 1. The zero-order valence-corrected chi connectivity index (χ0v) is 17.2. The van der Waals surface area contributed by atoms with Gasteiger partial charge in [-0.2, -0.15) is 0 Å². The minimum Gasteiger partial charge on any atom is -0.490 e. The minimum absolute atomic E-state index is 0.0153. The summed E-state index contributed by atoms with van der Waals surface area (Å²) in [6, 6.07) is 13.0. The smallest absolute Gasteiger partial charge is 0.307 e. The summed E-state index contributed by atoms with van der Waals surface area (Å²) in [5, 5.41) is 2.87. The summed E-state index contributed by atoms with van der Waals surface area (Å²) in [7, 11) is 1.30. The maximum atomic E-state index is 13.2. The van der Waals surface area contributed by atoms with E-state index >= 15 is 0 Å². The predicted octanol–water partition coefficient (Wildman–Crippen LogP) is 4.50. The molecule has 0 bridgehead atoms. The minimum atomic E-state index is -0.567. The fourth-order valence-corrected chi connectivity index (χ4v) is 3.69. The summed E-state index contributed by atoms with van der Waals surface area (Å²) in [5.74, 6) is -0.159. The number of nitrogens with one attached hydrogen (secondary N) is 1. The fraction of sp³-hybridized carbons (Fsp3) is 0.417. The average Bonchev–Trinajstić information content (AvgIpc) is 3.25. The van der Waals surface area contributed by atoms with Gasteiger partial charge in [0.1, 0.15) is 11.6 Å². The van der Waals surface area contributed by atoms with E-state index in [1.807, 2.05) is 24.3 Å². The van der Waals surface area contributed by atoms with Gasteiger partial charge >= 0.3 is 5.97 Å². The van der Waals surface area contributed by atoms with E-state index in [-0.39, 0.29) is 24.6 Å². The van der Waals surface area contributed by atoms with Crippen molar-refractivity contribution in [3.8, 4) is 5.75 Å². The third-order valence-electron chi connectivity index (χ3n) is 5.35. The van der Waals surface area contributed by atoms with Crippen molar-refractivity contribution in [2.75, 3.05) is 7.11 Å². The number of hydrogen-bond donors (Lipinski definition) is 1. The summed E-state index contributed by atoms with van der Waals surface area (Å²) in [6.07, 6.45) is 5.72. The summed E-state index contributed by atoms with van der Waals surface area (Å²) >= 11 is 0. The summed E-state index contributed by atoms with van der Waals surface area (Å²) < 4.78 is 24.0. The van der Waals surface area contributed by atoms with Gasteiger partial charge in [0.25, 0.3) is 0 Å². The average molecular weight is 413 g/mol. The van der Waals surface area contributed by atoms with Gasteiger partial charge in [-0.3, -0.25) is 9.59 Å². The first-order chi connectivity index (χ1) is 14.5. The maximum Gasteiger partial charge on any atom is 0.307 e. The number of esters is 1. The Bertz CT molecular complexity index is 847. The van der Waals surface area contributed by atoms with E-state index in [9.17, 15) is 14.0 Å². The molecule has 1 N–H and O–H groups in total. The van der Waals surface area contributed by atoms with Gasteiger partial charge in [-0.1, -0.05) is 24.3 Å². The number of benzene rings is 2. The molecule has 2 aromatic rings.